The molecule has 1 amide bonds. The van der Waals surface area contributed by atoms with Crippen molar-refractivity contribution in [1.29, 1.82) is 0 Å². The number of nitrogens with two attached hydrogens (primary N) is 1. The fourth-order valence-electron chi connectivity index (χ4n) is 1.51. The van der Waals surface area contributed by atoms with Crippen LogP contribution in [0.3, 0.4) is 0 Å². The van der Waals surface area contributed by atoms with Crippen LogP contribution in [0.1, 0.15) is 6.92 Å². The number of nitrogen functional groups attached to an aromatic ring is 1. The van der Waals surface area contributed by atoms with E-state index in [9.17, 15) is 9.18 Å². The number of carbonyl (C=O) groups excluding carboxylic acids is 1. The summed E-state index contributed by atoms with van der Waals surface area (Å²) in [7, 11) is 0. The first-order chi connectivity index (χ1) is 8.06. The van der Waals surface area contributed by atoms with Gasteiger partial charge in [0.05, 0.1) is 11.4 Å². The number of amides is 1. The van der Waals surface area contributed by atoms with Crippen LogP contribution in [0.15, 0.2) is 24.3 Å². The monoisotopic (exact) mass is 234 g/mol. The summed E-state index contributed by atoms with van der Waals surface area (Å²) >= 11 is 0. The number of H-pyrrole nitrogens is 1. The van der Waals surface area contributed by atoms with E-state index in [-0.39, 0.29) is 5.91 Å². The minimum atomic E-state index is -0.401. The molecule has 0 aliphatic carbocycles. The van der Waals surface area contributed by atoms with Crippen LogP contribution in [0, 0.1) is 5.82 Å². The third-order valence-corrected chi connectivity index (χ3v) is 2.18. The highest BCUT2D eigenvalue weighted by atomic mass is 19.1. The number of aromatic nitrogens is 2. The second kappa shape index (κ2) is 4.25. The zero-order valence-electron chi connectivity index (χ0n) is 9.12. The molecule has 0 saturated carbocycles. The molecule has 0 unspecified atom stereocenters. The molecule has 1 aromatic heterocycles. The topological polar surface area (TPSA) is 83.8 Å². The molecule has 0 atom stereocenters. The number of benzene rings is 1. The van der Waals surface area contributed by atoms with Gasteiger partial charge >= 0.3 is 0 Å². The Morgan fingerprint density at radius 2 is 2.24 bits per heavy atom. The number of carbonyl (C=O) groups is 1. The van der Waals surface area contributed by atoms with Crippen molar-refractivity contribution in [2.75, 3.05) is 11.1 Å². The summed E-state index contributed by atoms with van der Waals surface area (Å²) in [5, 5.41) is 9.04. The van der Waals surface area contributed by atoms with Crippen LogP contribution in [-0.2, 0) is 4.79 Å². The van der Waals surface area contributed by atoms with Gasteiger partial charge in [-0.1, -0.05) is 0 Å². The lowest BCUT2D eigenvalue weighted by atomic mass is 10.1. The molecule has 1 aromatic carbocycles. The lowest BCUT2D eigenvalue weighted by molar-refractivity contribution is -0.114. The maximum Gasteiger partial charge on any atom is 0.221 e. The average Bonchev–Trinajstić information content (AvgIpc) is 2.67. The summed E-state index contributed by atoms with van der Waals surface area (Å²) in [5.74, 6) is -0.328. The first kappa shape index (κ1) is 11.1. The van der Waals surface area contributed by atoms with Crippen molar-refractivity contribution in [3.8, 4) is 11.3 Å². The van der Waals surface area contributed by atoms with E-state index in [1.165, 1.54) is 25.1 Å². The van der Waals surface area contributed by atoms with Gasteiger partial charge in [0.2, 0.25) is 5.91 Å². The largest absolute Gasteiger partial charge is 0.382 e. The second-order valence-corrected chi connectivity index (χ2v) is 3.58. The number of rotatable bonds is 2. The molecule has 0 fully saturated rings. The van der Waals surface area contributed by atoms with Crippen LogP contribution >= 0.6 is 0 Å². The Bertz CT molecular complexity index is 564. The zero-order chi connectivity index (χ0) is 12.4. The van der Waals surface area contributed by atoms with Gasteiger partial charge in [-0.3, -0.25) is 9.89 Å². The summed E-state index contributed by atoms with van der Waals surface area (Å²) < 4.78 is 13.2. The SMILES string of the molecule is CC(=O)Nc1ccc(F)cc1-c1cc(N)n[nH]1. The van der Waals surface area contributed by atoms with Crippen LogP contribution in [0.4, 0.5) is 15.9 Å². The zero-order valence-corrected chi connectivity index (χ0v) is 9.12. The molecule has 0 aliphatic heterocycles. The van der Waals surface area contributed by atoms with Crippen molar-refractivity contribution >= 4 is 17.4 Å². The minimum absolute atomic E-state index is 0.231. The van der Waals surface area contributed by atoms with Gasteiger partial charge in [0.25, 0.3) is 0 Å². The van der Waals surface area contributed by atoms with Crippen molar-refractivity contribution in [3.05, 3.63) is 30.1 Å². The normalized spacial score (nSPS) is 10.2. The average molecular weight is 234 g/mol. The summed E-state index contributed by atoms with van der Waals surface area (Å²) in [4.78, 5) is 11.0. The number of hydrogen-bond donors (Lipinski definition) is 3. The molecule has 17 heavy (non-hydrogen) atoms. The quantitative estimate of drug-likeness (QED) is 0.740. The number of nitrogens with one attached hydrogen (secondary N) is 2. The summed E-state index contributed by atoms with van der Waals surface area (Å²) in [5.41, 5.74) is 7.04. The number of anilines is 2. The van der Waals surface area contributed by atoms with Gasteiger partial charge in [0.15, 0.2) is 0 Å². The van der Waals surface area contributed by atoms with Gasteiger partial charge < -0.3 is 11.1 Å². The van der Waals surface area contributed by atoms with Crippen LogP contribution in [0.5, 0.6) is 0 Å². The highest BCUT2D eigenvalue weighted by molar-refractivity contribution is 5.93. The van der Waals surface area contributed by atoms with E-state index >= 15 is 0 Å². The fourth-order valence-corrected chi connectivity index (χ4v) is 1.51. The van der Waals surface area contributed by atoms with E-state index in [1.807, 2.05) is 0 Å². The summed E-state index contributed by atoms with van der Waals surface area (Å²) in [6.45, 7) is 1.38. The number of aromatic amines is 1. The molecular weight excluding hydrogens is 223 g/mol. The maximum atomic E-state index is 13.2. The number of nitrogens with zero attached hydrogens (tertiary/aromatic N) is 1. The molecular formula is C11H11FN4O. The molecule has 5 nitrogen and oxygen atoms in total. The molecule has 0 spiro atoms. The van der Waals surface area contributed by atoms with Crippen molar-refractivity contribution in [2.45, 2.75) is 6.92 Å². The smallest absolute Gasteiger partial charge is 0.221 e. The molecule has 0 radical (unpaired) electrons. The van der Waals surface area contributed by atoms with E-state index in [0.717, 1.165) is 0 Å². The molecule has 0 bridgehead atoms. The molecule has 2 rings (SSSR count). The van der Waals surface area contributed by atoms with Gasteiger partial charge in [0.1, 0.15) is 11.6 Å². The molecule has 4 N–H and O–H groups in total. The predicted molar refractivity (Wildman–Crippen MR) is 62.7 cm³/mol. The highest BCUT2D eigenvalue weighted by Crippen LogP contribution is 2.28. The van der Waals surface area contributed by atoms with Crippen molar-refractivity contribution in [3.63, 3.8) is 0 Å². The van der Waals surface area contributed by atoms with Gasteiger partial charge in [-0.2, -0.15) is 5.10 Å². The Morgan fingerprint density at radius 1 is 1.47 bits per heavy atom. The molecule has 0 aliphatic rings. The van der Waals surface area contributed by atoms with Gasteiger partial charge in [-0.15, -0.1) is 0 Å². The summed E-state index contributed by atoms with van der Waals surface area (Å²) in [6.07, 6.45) is 0. The number of hydrogen-bond acceptors (Lipinski definition) is 3. The fraction of sp³-hybridized carbons (Fsp3) is 0.0909. The van der Waals surface area contributed by atoms with E-state index < -0.39 is 5.82 Å². The van der Waals surface area contributed by atoms with Gasteiger partial charge in [-0.05, 0) is 18.2 Å². The number of halogens is 1. The van der Waals surface area contributed by atoms with E-state index in [1.54, 1.807) is 6.07 Å². The highest BCUT2D eigenvalue weighted by Gasteiger charge is 2.10. The Kier molecular flexibility index (Phi) is 2.78. The van der Waals surface area contributed by atoms with Crippen molar-refractivity contribution in [2.24, 2.45) is 0 Å². The minimum Gasteiger partial charge on any atom is -0.382 e. The first-order valence-corrected chi connectivity index (χ1v) is 4.94. The molecule has 2 aromatic rings. The van der Waals surface area contributed by atoms with Crippen LogP contribution in [0.25, 0.3) is 11.3 Å². The third-order valence-electron chi connectivity index (χ3n) is 2.18. The molecule has 88 valence electrons. The lowest BCUT2D eigenvalue weighted by Crippen LogP contribution is -2.07. The van der Waals surface area contributed by atoms with Gasteiger partial charge in [-0.25, -0.2) is 4.39 Å². The lowest BCUT2D eigenvalue weighted by Gasteiger charge is -2.08. The Labute approximate surface area is 96.8 Å². The van der Waals surface area contributed by atoms with E-state index in [0.29, 0.717) is 22.8 Å². The Morgan fingerprint density at radius 3 is 2.82 bits per heavy atom. The standard InChI is InChI=1S/C11H11FN4O/c1-6(17)14-9-3-2-7(12)4-8(9)10-5-11(13)16-15-10/h2-5H,1H3,(H,14,17)(H3,13,15,16). The van der Waals surface area contributed by atoms with Crippen molar-refractivity contribution < 1.29 is 9.18 Å². The van der Waals surface area contributed by atoms with Crippen LogP contribution in [0.2, 0.25) is 0 Å². The second-order valence-electron chi connectivity index (χ2n) is 3.58. The van der Waals surface area contributed by atoms with Crippen LogP contribution < -0.4 is 11.1 Å². The molecule has 1 heterocycles. The van der Waals surface area contributed by atoms with E-state index in [4.69, 9.17) is 5.73 Å². The first-order valence-electron chi connectivity index (χ1n) is 4.94. The molecule has 6 heteroatoms. The third kappa shape index (κ3) is 2.41. The van der Waals surface area contributed by atoms with E-state index in [2.05, 4.69) is 15.5 Å². The van der Waals surface area contributed by atoms with Gasteiger partial charge in [0, 0.05) is 18.6 Å². The molecule has 0 saturated heterocycles. The summed E-state index contributed by atoms with van der Waals surface area (Å²) in [6, 6.07) is 5.63. The maximum absolute atomic E-state index is 13.2. The van der Waals surface area contributed by atoms with Crippen molar-refractivity contribution in [1.82, 2.24) is 10.2 Å². The predicted octanol–water partition coefficient (Wildman–Crippen LogP) is 1.76. The van der Waals surface area contributed by atoms with Crippen LogP contribution in [-0.4, -0.2) is 16.1 Å². The Hall–Kier alpha value is -2.37. The Balaban J connectivity index is 2.50.